The van der Waals surface area contributed by atoms with Crippen molar-refractivity contribution in [3.8, 4) is 0 Å². The number of hydrogen-bond acceptors (Lipinski definition) is 5. The fourth-order valence-corrected chi connectivity index (χ4v) is 3.25. The van der Waals surface area contributed by atoms with Crippen LogP contribution in [0.3, 0.4) is 0 Å². The molecule has 3 N–H and O–H groups in total. The molecule has 0 aliphatic heterocycles. The SMILES string of the molecule is COCCc1nc2cc(NC(=O)[C@@H]3CCC[C@@H]3CN)ccc2o1. The maximum absolute atomic E-state index is 12.4. The highest BCUT2D eigenvalue weighted by molar-refractivity contribution is 5.94. The van der Waals surface area contributed by atoms with Crippen molar-refractivity contribution in [2.24, 2.45) is 17.6 Å². The predicted octanol–water partition coefficient (Wildman–Crippen LogP) is 2.33. The molecule has 1 amide bonds. The molecule has 2 aromatic rings. The van der Waals surface area contributed by atoms with Crippen LogP contribution in [-0.2, 0) is 16.0 Å². The first-order valence-corrected chi connectivity index (χ1v) is 8.10. The van der Waals surface area contributed by atoms with Crippen LogP contribution in [0.2, 0.25) is 0 Å². The summed E-state index contributed by atoms with van der Waals surface area (Å²) in [7, 11) is 1.65. The van der Waals surface area contributed by atoms with Crippen LogP contribution in [0.5, 0.6) is 0 Å². The van der Waals surface area contributed by atoms with Gasteiger partial charge < -0.3 is 20.2 Å². The molecule has 1 aliphatic carbocycles. The number of nitrogens with two attached hydrogens (primary N) is 1. The summed E-state index contributed by atoms with van der Waals surface area (Å²) in [4.78, 5) is 16.9. The zero-order chi connectivity index (χ0) is 16.2. The van der Waals surface area contributed by atoms with Gasteiger partial charge in [0.1, 0.15) is 5.52 Å². The molecule has 0 saturated heterocycles. The number of anilines is 1. The van der Waals surface area contributed by atoms with Crippen LogP contribution in [0.15, 0.2) is 22.6 Å². The zero-order valence-corrected chi connectivity index (χ0v) is 13.4. The van der Waals surface area contributed by atoms with Crippen LogP contribution in [0, 0.1) is 11.8 Å². The van der Waals surface area contributed by atoms with Crippen LogP contribution in [0.1, 0.15) is 25.2 Å². The lowest BCUT2D eigenvalue weighted by molar-refractivity contribution is -0.120. The first-order valence-electron chi connectivity index (χ1n) is 8.10. The lowest BCUT2D eigenvalue weighted by Crippen LogP contribution is -2.29. The number of ether oxygens (including phenoxy) is 1. The van der Waals surface area contributed by atoms with Gasteiger partial charge in [-0.3, -0.25) is 4.79 Å². The number of nitrogens with one attached hydrogen (secondary N) is 1. The van der Waals surface area contributed by atoms with E-state index in [1.165, 1.54) is 0 Å². The van der Waals surface area contributed by atoms with Gasteiger partial charge in [-0.25, -0.2) is 4.98 Å². The topological polar surface area (TPSA) is 90.4 Å². The van der Waals surface area contributed by atoms with Crippen LogP contribution >= 0.6 is 0 Å². The van der Waals surface area contributed by atoms with Crippen molar-refractivity contribution in [2.45, 2.75) is 25.7 Å². The zero-order valence-electron chi connectivity index (χ0n) is 13.4. The highest BCUT2D eigenvalue weighted by Crippen LogP contribution is 2.32. The lowest BCUT2D eigenvalue weighted by Gasteiger charge is -2.17. The number of benzene rings is 1. The summed E-state index contributed by atoms with van der Waals surface area (Å²) in [5.41, 5.74) is 7.97. The molecule has 1 saturated carbocycles. The minimum absolute atomic E-state index is 0.0188. The fourth-order valence-electron chi connectivity index (χ4n) is 3.25. The molecular formula is C17H23N3O3. The van der Waals surface area contributed by atoms with E-state index < -0.39 is 0 Å². The summed E-state index contributed by atoms with van der Waals surface area (Å²) in [6, 6.07) is 5.53. The second kappa shape index (κ2) is 7.10. The molecule has 1 aromatic carbocycles. The molecule has 6 heteroatoms. The van der Waals surface area contributed by atoms with E-state index in [1.807, 2.05) is 18.2 Å². The monoisotopic (exact) mass is 317 g/mol. The van der Waals surface area contributed by atoms with Crippen molar-refractivity contribution in [3.05, 3.63) is 24.1 Å². The number of amides is 1. The van der Waals surface area contributed by atoms with Gasteiger partial charge in [-0.2, -0.15) is 0 Å². The van der Waals surface area contributed by atoms with Gasteiger partial charge in [0.2, 0.25) is 5.91 Å². The van der Waals surface area contributed by atoms with E-state index in [2.05, 4.69) is 10.3 Å². The molecule has 1 heterocycles. The molecule has 0 unspecified atom stereocenters. The van der Waals surface area contributed by atoms with E-state index in [9.17, 15) is 4.79 Å². The lowest BCUT2D eigenvalue weighted by atomic mass is 9.95. The highest BCUT2D eigenvalue weighted by atomic mass is 16.5. The second-order valence-corrected chi connectivity index (χ2v) is 6.06. The summed E-state index contributed by atoms with van der Waals surface area (Å²) < 4.78 is 10.7. The Morgan fingerprint density at radius 2 is 2.35 bits per heavy atom. The van der Waals surface area contributed by atoms with E-state index in [0.717, 1.165) is 36.0 Å². The van der Waals surface area contributed by atoms with Crippen LogP contribution in [0.4, 0.5) is 5.69 Å². The van der Waals surface area contributed by atoms with Crippen molar-refractivity contribution in [1.82, 2.24) is 4.98 Å². The Bertz CT molecular complexity index is 683. The molecule has 1 fully saturated rings. The molecule has 124 valence electrons. The van der Waals surface area contributed by atoms with Gasteiger partial charge in [0.15, 0.2) is 11.5 Å². The molecule has 0 spiro atoms. The van der Waals surface area contributed by atoms with E-state index in [4.69, 9.17) is 14.9 Å². The second-order valence-electron chi connectivity index (χ2n) is 6.06. The summed E-state index contributed by atoms with van der Waals surface area (Å²) in [6.07, 6.45) is 3.67. The van der Waals surface area contributed by atoms with Crippen LogP contribution < -0.4 is 11.1 Å². The Labute approximate surface area is 135 Å². The average Bonchev–Trinajstić information content (AvgIpc) is 3.18. The Kier molecular flexibility index (Phi) is 4.93. The Morgan fingerprint density at radius 3 is 3.13 bits per heavy atom. The van der Waals surface area contributed by atoms with Gasteiger partial charge >= 0.3 is 0 Å². The van der Waals surface area contributed by atoms with Gasteiger partial charge in [-0.15, -0.1) is 0 Å². The molecule has 3 rings (SSSR count). The number of aromatic nitrogens is 1. The fraction of sp³-hybridized carbons (Fsp3) is 0.529. The number of carbonyl (C=O) groups is 1. The summed E-state index contributed by atoms with van der Waals surface area (Å²) in [5, 5.41) is 2.99. The van der Waals surface area contributed by atoms with Crippen molar-refractivity contribution in [1.29, 1.82) is 0 Å². The Balaban J connectivity index is 1.71. The third-order valence-electron chi connectivity index (χ3n) is 4.52. The molecule has 6 nitrogen and oxygen atoms in total. The maximum Gasteiger partial charge on any atom is 0.227 e. The van der Waals surface area contributed by atoms with Crippen LogP contribution in [0.25, 0.3) is 11.1 Å². The molecule has 0 radical (unpaired) electrons. The van der Waals surface area contributed by atoms with Gasteiger partial charge in [0.05, 0.1) is 6.61 Å². The first-order chi connectivity index (χ1) is 11.2. The number of hydrogen-bond donors (Lipinski definition) is 2. The highest BCUT2D eigenvalue weighted by Gasteiger charge is 2.31. The number of fused-ring (bicyclic) bond motifs is 1. The molecule has 2 atom stereocenters. The number of methoxy groups -OCH3 is 1. The van der Waals surface area contributed by atoms with E-state index in [1.54, 1.807) is 7.11 Å². The van der Waals surface area contributed by atoms with Crippen molar-refractivity contribution < 1.29 is 13.9 Å². The van der Waals surface area contributed by atoms with Gasteiger partial charge in [0, 0.05) is 25.1 Å². The number of nitrogens with zero attached hydrogens (tertiary/aromatic N) is 1. The van der Waals surface area contributed by atoms with Gasteiger partial charge in [-0.05, 0) is 43.5 Å². The van der Waals surface area contributed by atoms with E-state index in [0.29, 0.717) is 31.4 Å². The van der Waals surface area contributed by atoms with Crippen LogP contribution in [-0.4, -0.2) is 31.2 Å². The normalized spacial score (nSPS) is 21.0. The van der Waals surface area contributed by atoms with E-state index >= 15 is 0 Å². The third kappa shape index (κ3) is 3.54. The number of carbonyl (C=O) groups excluding carboxylic acids is 1. The minimum atomic E-state index is 0.0188. The molecular weight excluding hydrogens is 294 g/mol. The molecule has 1 aliphatic rings. The molecule has 1 aromatic heterocycles. The quantitative estimate of drug-likeness (QED) is 0.853. The Hall–Kier alpha value is -1.92. The molecule has 0 bridgehead atoms. The standard InChI is InChI=1S/C17H23N3O3/c1-22-8-7-16-20-14-9-12(5-6-15(14)23-16)19-17(21)13-4-2-3-11(13)10-18/h5-6,9,11,13H,2-4,7-8,10,18H2,1H3,(H,19,21)/t11-,13-/m1/s1. The minimum Gasteiger partial charge on any atom is -0.441 e. The first kappa shape index (κ1) is 16.0. The predicted molar refractivity (Wildman–Crippen MR) is 88.1 cm³/mol. The maximum atomic E-state index is 12.4. The van der Waals surface area contributed by atoms with Crippen molar-refractivity contribution in [3.63, 3.8) is 0 Å². The summed E-state index contributed by atoms with van der Waals surface area (Å²) >= 11 is 0. The van der Waals surface area contributed by atoms with Crippen molar-refractivity contribution in [2.75, 3.05) is 25.6 Å². The third-order valence-corrected chi connectivity index (χ3v) is 4.52. The Morgan fingerprint density at radius 1 is 1.48 bits per heavy atom. The smallest absolute Gasteiger partial charge is 0.227 e. The summed E-state index contributed by atoms with van der Waals surface area (Å²) in [5.74, 6) is 1.02. The van der Waals surface area contributed by atoms with Gasteiger partial charge in [0.25, 0.3) is 0 Å². The number of oxazole rings is 1. The van der Waals surface area contributed by atoms with Gasteiger partial charge in [-0.1, -0.05) is 6.42 Å². The van der Waals surface area contributed by atoms with Crippen molar-refractivity contribution >= 4 is 22.7 Å². The number of rotatable bonds is 6. The average molecular weight is 317 g/mol. The van der Waals surface area contributed by atoms with E-state index in [-0.39, 0.29) is 11.8 Å². The summed E-state index contributed by atoms with van der Waals surface area (Å²) in [6.45, 7) is 1.14. The largest absolute Gasteiger partial charge is 0.441 e. The molecule has 23 heavy (non-hydrogen) atoms.